The van der Waals surface area contributed by atoms with Gasteiger partial charge in [-0.3, -0.25) is 24.8 Å². The fraction of sp³-hybridized carbons (Fsp3) is 0.200. The van der Waals surface area contributed by atoms with Gasteiger partial charge in [0.2, 0.25) is 6.54 Å². The standard InChI is InChI=1S/C25H22ClN5O5S/c1-16-3-8-20(9-4-16)30-17(2)27-28-25(30)37-24(14-29(32)33)19-7-12-23(22(26)13-19)36-15-18-5-10-21(11-6-18)31(34)35/h3-13,24H,14-15H2,1-2H3/t24-/m0/s1. The van der Waals surface area contributed by atoms with Gasteiger partial charge in [-0.05, 0) is 61.4 Å². The molecule has 0 aliphatic carbocycles. The number of nitro groups is 2. The molecular weight excluding hydrogens is 518 g/mol. The molecule has 0 saturated heterocycles. The number of ether oxygens (including phenoxy) is 1. The number of aryl methyl sites for hydroxylation is 2. The Hall–Kier alpha value is -3.96. The lowest BCUT2D eigenvalue weighted by molar-refractivity contribution is -0.479. The Morgan fingerprint density at radius 1 is 1.00 bits per heavy atom. The highest BCUT2D eigenvalue weighted by Gasteiger charge is 2.24. The number of rotatable bonds is 10. The van der Waals surface area contributed by atoms with E-state index in [-0.39, 0.29) is 23.8 Å². The Balaban J connectivity index is 1.54. The van der Waals surface area contributed by atoms with Crippen LogP contribution in [-0.4, -0.2) is 31.2 Å². The fourth-order valence-electron chi connectivity index (χ4n) is 3.59. The second-order valence-corrected chi connectivity index (χ2v) is 9.80. The summed E-state index contributed by atoms with van der Waals surface area (Å²) in [6, 6.07) is 18.9. The van der Waals surface area contributed by atoms with Gasteiger partial charge in [-0.25, -0.2) is 0 Å². The highest BCUT2D eigenvalue weighted by Crippen LogP contribution is 2.38. The smallest absolute Gasteiger partial charge is 0.269 e. The molecule has 10 nitrogen and oxygen atoms in total. The van der Waals surface area contributed by atoms with Gasteiger partial charge in [-0.1, -0.05) is 47.1 Å². The quantitative estimate of drug-likeness (QED) is 0.134. The first-order valence-electron chi connectivity index (χ1n) is 11.1. The van der Waals surface area contributed by atoms with Gasteiger partial charge in [-0.2, -0.15) is 0 Å². The summed E-state index contributed by atoms with van der Waals surface area (Å²) in [4.78, 5) is 21.5. The van der Waals surface area contributed by atoms with E-state index < -0.39 is 10.2 Å². The van der Waals surface area contributed by atoms with E-state index in [2.05, 4.69) is 10.2 Å². The summed E-state index contributed by atoms with van der Waals surface area (Å²) < 4.78 is 7.64. The summed E-state index contributed by atoms with van der Waals surface area (Å²) in [7, 11) is 0. The monoisotopic (exact) mass is 539 g/mol. The van der Waals surface area contributed by atoms with Crippen molar-refractivity contribution in [3.8, 4) is 11.4 Å². The van der Waals surface area contributed by atoms with Gasteiger partial charge in [0.05, 0.1) is 9.95 Å². The predicted octanol–water partition coefficient (Wildman–Crippen LogP) is 6.13. The van der Waals surface area contributed by atoms with Crippen molar-refractivity contribution < 1.29 is 14.6 Å². The third kappa shape index (κ3) is 6.43. The topological polar surface area (TPSA) is 126 Å². The van der Waals surface area contributed by atoms with Gasteiger partial charge >= 0.3 is 0 Å². The van der Waals surface area contributed by atoms with E-state index in [1.807, 2.05) is 42.7 Å². The molecule has 4 rings (SSSR count). The first kappa shape index (κ1) is 26.1. The molecule has 3 aromatic carbocycles. The van der Waals surface area contributed by atoms with Crippen LogP contribution in [0.25, 0.3) is 5.69 Å². The normalized spacial score (nSPS) is 11.8. The van der Waals surface area contributed by atoms with Crippen LogP contribution >= 0.6 is 23.4 Å². The highest BCUT2D eigenvalue weighted by atomic mass is 35.5. The minimum atomic E-state index is -0.580. The maximum atomic E-state index is 11.5. The first-order chi connectivity index (χ1) is 17.7. The second-order valence-electron chi connectivity index (χ2n) is 8.22. The molecule has 1 atom stereocenters. The van der Waals surface area contributed by atoms with Crippen LogP contribution in [-0.2, 0) is 6.61 Å². The van der Waals surface area contributed by atoms with Gasteiger partial charge in [0.1, 0.15) is 23.4 Å². The van der Waals surface area contributed by atoms with Crippen molar-refractivity contribution in [1.29, 1.82) is 0 Å². The second kappa shape index (κ2) is 11.4. The average Bonchev–Trinajstić information content (AvgIpc) is 3.23. The summed E-state index contributed by atoms with van der Waals surface area (Å²) >= 11 is 7.70. The van der Waals surface area contributed by atoms with E-state index in [0.29, 0.717) is 27.3 Å². The summed E-state index contributed by atoms with van der Waals surface area (Å²) in [5, 5.41) is 31.0. The van der Waals surface area contributed by atoms with Crippen LogP contribution in [0.5, 0.6) is 5.75 Å². The van der Waals surface area contributed by atoms with Gasteiger partial charge in [-0.15, -0.1) is 10.2 Å². The third-order valence-corrected chi connectivity index (χ3v) is 7.00. The van der Waals surface area contributed by atoms with E-state index in [0.717, 1.165) is 16.8 Å². The number of hydrogen-bond donors (Lipinski definition) is 0. The summed E-state index contributed by atoms with van der Waals surface area (Å²) in [5.74, 6) is 1.06. The Bertz CT molecular complexity index is 1430. The van der Waals surface area contributed by atoms with E-state index in [4.69, 9.17) is 16.3 Å². The van der Waals surface area contributed by atoms with E-state index in [1.54, 1.807) is 30.3 Å². The van der Waals surface area contributed by atoms with Crippen LogP contribution in [0.2, 0.25) is 5.02 Å². The third-order valence-electron chi connectivity index (χ3n) is 5.52. The molecule has 0 bridgehead atoms. The largest absolute Gasteiger partial charge is 0.487 e. The minimum absolute atomic E-state index is 0.00567. The van der Waals surface area contributed by atoms with Crippen molar-refractivity contribution in [2.24, 2.45) is 0 Å². The summed E-state index contributed by atoms with van der Waals surface area (Å²) in [5.41, 5.74) is 3.35. The van der Waals surface area contributed by atoms with E-state index in [9.17, 15) is 20.2 Å². The van der Waals surface area contributed by atoms with Crippen molar-refractivity contribution >= 4 is 29.1 Å². The Labute approximate surface area is 221 Å². The summed E-state index contributed by atoms with van der Waals surface area (Å²) in [6.07, 6.45) is 0. The van der Waals surface area contributed by atoms with Crippen LogP contribution < -0.4 is 4.74 Å². The molecule has 0 amide bonds. The number of hydrogen-bond acceptors (Lipinski definition) is 8. The van der Waals surface area contributed by atoms with Gasteiger partial charge < -0.3 is 4.74 Å². The van der Waals surface area contributed by atoms with Gasteiger partial charge in [0, 0.05) is 22.7 Å². The molecule has 0 saturated carbocycles. The lowest BCUT2D eigenvalue weighted by Crippen LogP contribution is -2.11. The number of aromatic nitrogens is 3. The molecule has 190 valence electrons. The molecule has 37 heavy (non-hydrogen) atoms. The predicted molar refractivity (Wildman–Crippen MR) is 140 cm³/mol. The summed E-state index contributed by atoms with van der Waals surface area (Å²) in [6.45, 7) is 3.63. The lowest BCUT2D eigenvalue weighted by atomic mass is 10.1. The molecule has 1 heterocycles. The van der Waals surface area contributed by atoms with Crippen molar-refractivity contribution in [3.63, 3.8) is 0 Å². The number of non-ortho nitro benzene ring substituents is 1. The Morgan fingerprint density at radius 2 is 1.70 bits per heavy atom. The number of nitro benzene ring substituents is 1. The van der Waals surface area contributed by atoms with Crippen LogP contribution in [0.3, 0.4) is 0 Å². The molecule has 1 aromatic heterocycles. The van der Waals surface area contributed by atoms with Crippen molar-refractivity contribution in [1.82, 2.24) is 14.8 Å². The molecule has 4 aromatic rings. The molecule has 0 spiro atoms. The highest BCUT2D eigenvalue weighted by molar-refractivity contribution is 7.99. The van der Waals surface area contributed by atoms with Gasteiger partial charge in [0.25, 0.3) is 5.69 Å². The van der Waals surface area contributed by atoms with Crippen LogP contribution in [0.1, 0.15) is 27.8 Å². The molecule has 0 aliphatic heterocycles. The number of thioether (sulfide) groups is 1. The number of nitrogens with zero attached hydrogens (tertiary/aromatic N) is 5. The fourth-order valence-corrected chi connectivity index (χ4v) is 5.00. The zero-order valence-corrected chi connectivity index (χ0v) is 21.5. The molecular formula is C25H22ClN5O5S. The van der Waals surface area contributed by atoms with E-state index >= 15 is 0 Å². The average molecular weight is 540 g/mol. The molecule has 0 aliphatic rings. The zero-order chi connectivity index (χ0) is 26.5. The lowest BCUT2D eigenvalue weighted by Gasteiger charge is -2.16. The number of benzene rings is 3. The molecule has 0 N–H and O–H groups in total. The Morgan fingerprint density at radius 3 is 2.32 bits per heavy atom. The van der Waals surface area contributed by atoms with Crippen molar-refractivity contribution in [2.45, 2.75) is 30.9 Å². The SMILES string of the molecule is Cc1ccc(-n2c(C)nnc2S[C@@H](C[N+](=O)[O-])c2ccc(OCc3ccc([N+](=O)[O-])cc3)c(Cl)c2)cc1. The molecule has 0 unspecified atom stereocenters. The van der Waals surface area contributed by atoms with Crippen molar-refractivity contribution in [3.05, 3.63) is 114 Å². The maximum Gasteiger partial charge on any atom is 0.269 e. The number of halogens is 1. The van der Waals surface area contributed by atoms with Crippen LogP contribution in [0.4, 0.5) is 5.69 Å². The maximum absolute atomic E-state index is 11.5. The first-order valence-corrected chi connectivity index (χ1v) is 12.4. The van der Waals surface area contributed by atoms with E-state index in [1.165, 1.54) is 23.9 Å². The zero-order valence-electron chi connectivity index (χ0n) is 19.9. The van der Waals surface area contributed by atoms with Gasteiger partial charge in [0.15, 0.2) is 5.16 Å². The molecule has 12 heteroatoms. The van der Waals surface area contributed by atoms with Crippen LogP contribution in [0.15, 0.2) is 71.9 Å². The minimum Gasteiger partial charge on any atom is -0.487 e. The Kier molecular flexibility index (Phi) is 8.04. The molecule has 0 fully saturated rings. The molecule has 0 radical (unpaired) electrons. The van der Waals surface area contributed by atoms with Crippen LogP contribution in [0, 0.1) is 34.1 Å². The van der Waals surface area contributed by atoms with Crippen molar-refractivity contribution in [2.75, 3.05) is 6.54 Å².